The van der Waals surface area contributed by atoms with Crippen molar-refractivity contribution in [2.75, 3.05) is 25.1 Å². The first-order valence-electron chi connectivity index (χ1n) is 9.99. The molecule has 2 rings (SSSR count). The van der Waals surface area contributed by atoms with Crippen LogP contribution in [0.15, 0.2) is 12.3 Å². The van der Waals surface area contributed by atoms with Gasteiger partial charge in [0.25, 0.3) is 0 Å². The van der Waals surface area contributed by atoms with Crippen LogP contribution in [0, 0.1) is 10.8 Å². The van der Waals surface area contributed by atoms with Gasteiger partial charge in [0, 0.05) is 11.6 Å². The molecule has 0 aromatic carbocycles. The van der Waals surface area contributed by atoms with Gasteiger partial charge in [0.15, 0.2) is 0 Å². The van der Waals surface area contributed by atoms with Gasteiger partial charge in [-0.15, -0.1) is 0 Å². The first-order valence-corrected chi connectivity index (χ1v) is 9.99. The SMILES string of the molecule is CCC(C)(C)COCC(C)(C)[C@H]1OC[C@H](Nc2nccc(C(F)(F)F)n2)[C@@H](O)[C@H]1O. The van der Waals surface area contributed by atoms with Crippen molar-refractivity contribution in [3.05, 3.63) is 18.0 Å². The molecule has 0 bridgehead atoms. The molecular weight excluding hydrogens is 403 g/mol. The largest absolute Gasteiger partial charge is 0.433 e. The number of aliphatic hydroxyl groups excluding tert-OH is 2. The molecule has 0 radical (unpaired) electrons. The first-order chi connectivity index (χ1) is 13.8. The molecule has 0 spiro atoms. The number of nitrogens with zero attached hydrogens (tertiary/aromatic N) is 2. The first kappa shape index (κ1) is 24.8. The Morgan fingerprint density at radius 2 is 1.83 bits per heavy atom. The van der Waals surface area contributed by atoms with E-state index in [-0.39, 0.29) is 18.0 Å². The highest BCUT2D eigenvalue weighted by Crippen LogP contribution is 2.33. The molecule has 1 aromatic rings. The lowest BCUT2D eigenvalue weighted by molar-refractivity contribution is -0.188. The van der Waals surface area contributed by atoms with Crippen molar-refractivity contribution in [3.8, 4) is 0 Å². The fourth-order valence-corrected chi connectivity index (χ4v) is 3.16. The zero-order chi connectivity index (χ0) is 22.7. The highest BCUT2D eigenvalue weighted by molar-refractivity contribution is 5.29. The summed E-state index contributed by atoms with van der Waals surface area (Å²) in [5.74, 6) is -0.299. The number of ether oxygens (including phenoxy) is 2. The molecule has 0 aliphatic carbocycles. The van der Waals surface area contributed by atoms with Gasteiger partial charge >= 0.3 is 6.18 Å². The predicted octanol–water partition coefficient (Wildman–Crippen LogP) is 2.88. The van der Waals surface area contributed by atoms with Crippen LogP contribution in [0.25, 0.3) is 0 Å². The lowest BCUT2D eigenvalue weighted by Crippen LogP contribution is -2.60. The zero-order valence-corrected chi connectivity index (χ0v) is 18.0. The molecule has 172 valence electrons. The number of hydrogen-bond donors (Lipinski definition) is 3. The summed E-state index contributed by atoms with van der Waals surface area (Å²) >= 11 is 0. The van der Waals surface area contributed by atoms with Crippen LogP contribution >= 0.6 is 0 Å². The summed E-state index contributed by atoms with van der Waals surface area (Å²) in [5, 5.41) is 23.8. The highest BCUT2D eigenvalue weighted by atomic mass is 19.4. The number of anilines is 1. The van der Waals surface area contributed by atoms with Crippen molar-refractivity contribution in [2.24, 2.45) is 10.8 Å². The number of aliphatic hydroxyl groups is 2. The third kappa shape index (κ3) is 6.26. The molecule has 4 atom stereocenters. The van der Waals surface area contributed by atoms with Gasteiger partial charge in [0.2, 0.25) is 5.95 Å². The van der Waals surface area contributed by atoms with E-state index in [1.165, 1.54) is 0 Å². The number of hydrogen-bond acceptors (Lipinski definition) is 7. The zero-order valence-electron chi connectivity index (χ0n) is 18.0. The van der Waals surface area contributed by atoms with Crippen molar-refractivity contribution in [1.82, 2.24) is 9.97 Å². The summed E-state index contributed by atoms with van der Waals surface area (Å²) in [4.78, 5) is 7.18. The number of alkyl halides is 3. The van der Waals surface area contributed by atoms with Gasteiger partial charge in [0.05, 0.1) is 32.0 Å². The monoisotopic (exact) mass is 435 g/mol. The van der Waals surface area contributed by atoms with E-state index in [2.05, 4.69) is 36.1 Å². The molecule has 7 nitrogen and oxygen atoms in total. The second-order valence-corrected chi connectivity index (χ2v) is 9.25. The molecule has 1 saturated heterocycles. The van der Waals surface area contributed by atoms with Gasteiger partial charge in [-0.3, -0.25) is 0 Å². The highest BCUT2D eigenvalue weighted by Gasteiger charge is 2.46. The number of nitrogens with one attached hydrogen (secondary N) is 1. The van der Waals surface area contributed by atoms with Crippen LogP contribution in [0.2, 0.25) is 0 Å². The average molecular weight is 435 g/mol. The molecule has 2 heterocycles. The summed E-state index contributed by atoms with van der Waals surface area (Å²) in [6.07, 6.45) is -5.93. The standard InChI is InChI=1S/C20H32F3N3O4/c1-6-18(2,3)10-29-11-19(4,5)16-15(28)14(27)12(9-30-16)25-17-24-8-7-13(26-17)20(21,22)23/h7-8,12,14-16,27-28H,6,9-11H2,1-5H3,(H,24,25,26)/t12-,14+,15+,16-/m0/s1. The summed E-state index contributed by atoms with van der Waals surface area (Å²) in [7, 11) is 0. The van der Waals surface area contributed by atoms with Crippen LogP contribution in [-0.2, 0) is 15.7 Å². The predicted molar refractivity (Wildman–Crippen MR) is 105 cm³/mol. The summed E-state index contributed by atoms with van der Waals surface area (Å²) in [6, 6.07) is -0.109. The summed E-state index contributed by atoms with van der Waals surface area (Å²) in [5.41, 5.74) is -1.67. The van der Waals surface area contributed by atoms with Gasteiger partial charge in [-0.1, -0.05) is 34.6 Å². The maximum Gasteiger partial charge on any atom is 0.433 e. The molecule has 30 heavy (non-hydrogen) atoms. The van der Waals surface area contributed by atoms with Crippen molar-refractivity contribution in [1.29, 1.82) is 0 Å². The maximum absolute atomic E-state index is 12.8. The molecule has 10 heteroatoms. The number of rotatable bonds is 8. The lowest BCUT2D eigenvalue weighted by atomic mass is 9.80. The van der Waals surface area contributed by atoms with Crippen molar-refractivity contribution >= 4 is 5.95 Å². The molecular formula is C20H32F3N3O4. The smallest absolute Gasteiger partial charge is 0.388 e. The van der Waals surface area contributed by atoms with E-state index in [0.717, 1.165) is 18.7 Å². The second kappa shape index (κ2) is 9.33. The van der Waals surface area contributed by atoms with Gasteiger partial charge in [-0.05, 0) is 17.9 Å². The Morgan fingerprint density at radius 1 is 1.17 bits per heavy atom. The van der Waals surface area contributed by atoms with E-state index in [9.17, 15) is 23.4 Å². The van der Waals surface area contributed by atoms with E-state index in [1.54, 1.807) is 0 Å². The van der Waals surface area contributed by atoms with Crippen LogP contribution in [-0.4, -0.2) is 64.4 Å². The van der Waals surface area contributed by atoms with Gasteiger partial charge in [0.1, 0.15) is 17.9 Å². The van der Waals surface area contributed by atoms with E-state index in [0.29, 0.717) is 13.2 Å². The Labute approximate surface area is 175 Å². The van der Waals surface area contributed by atoms with Gasteiger partial charge in [-0.25, -0.2) is 9.97 Å². The van der Waals surface area contributed by atoms with E-state index in [4.69, 9.17) is 9.47 Å². The third-order valence-electron chi connectivity index (χ3n) is 5.48. The van der Waals surface area contributed by atoms with Gasteiger partial charge < -0.3 is 25.0 Å². The Bertz CT molecular complexity index is 700. The number of aromatic nitrogens is 2. The Balaban J connectivity index is 2.00. The van der Waals surface area contributed by atoms with Crippen LogP contribution in [0.3, 0.4) is 0 Å². The van der Waals surface area contributed by atoms with Crippen LogP contribution in [0.5, 0.6) is 0 Å². The van der Waals surface area contributed by atoms with E-state index >= 15 is 0 Å². The Kier molecular flexibility index (Phi) is 7.71. The quantitative estimate of drug-likeness (QED) is 0.578. The summed E-state index contributed by atoms with van der Waals surface area (Å²) in [6.45, 7) is 10.9. The molecule has 1 aliphatic rings. The Hall–Kier alpha value is -1.49. The van der Waals surface area contributed by atoms with Crippen LogP contribution in [0.4, 0.5) is 19.1 Å². The number of halogens is 3. The molecule has 0 unspecified atom stereocenters. The van der Waals surface area contributed by atoms with Crippen molar-refractivity contribution in [2.45, 2.75) is 71.6 Å². The molecule has 0 amide bonds. The molecule has 1 aliphatic heterocycles. The normalized spacial score (nSPS) is 25.9. The Morgan fingerprint density at radius 3 is 2.43 bits per heavy atom. The second-order valence-electron chi connectivity index (χ2n) is 9.25. The van der Waals surface area contributed by atoms with Gasteiger partial charge in [-0.2, -0.15) is 13.2 Å². The topological polar surface area (TPSA) is 96.7 Å². The molecule has 0 saturated carbocycles. The lowest BCUT2D eigenvalue weighted by Gasteiger charge is -2.45. The van der Waals surface area contributed by atoms with E-state index < -0.39 is 41.6 Å². The fourth-order valence-electron chi connectivity index (χ4n) is 3.16. The fraction of sp³-hybridized carbons (Fsp3) is 0.800. The van der Waals surface area contributed by atoms with Crippen molar-refractivity contribution < 1.29 is 32.9 Å². The van der Waals surface area contributed by atoms with Crippen molar-refractivity contribution in [3.63, 3.8) is 0 Å². The van der Waals surface area contributed by atoms with Crippen LogP contribution < -0.4 is 5.32 Å². The maximum atomic E-state index is 12.8. The summed E-state index contributed by atoms with van der Waals surface area (Å²) < 4.78 is 50.1. The minimum Gasteiger partial charge on any atom is -0.388 e. The third-order valence-corrected chi connectivity index (χ3v) is 5.48. The molecule has 3 N–H and O–H groups in total. The minimum absolute atomic E-state index is 0.0294. The molecule has 1 aromatic heterocycles. The van der Waals surface area contributed by atoms with Crippen LogP contribution in [0.1, 0.15) is 46.7 Å². The molecule has 1 fully saturated rings. The van der Waals surface area contributed by atoms with E-state index in [1.807, 2.05) is 13.8 Å². The average Bonchev–Trinajstić information content (AvgIpc) is 2.64. The minimum atomic E-state index is -4.61.